The summed E-state index contributed by atoms with van der Waals surface area (Å²) in [7, 11) is 1.64. The monoisotopic (exact) mass is 363 g/mol. The Hall–Kier alpha value is -1.83. The Kier molecular flexibility index (Phi) is 6.49. The number of nitrogens with zero attached hydrogens (tertiary/aromatic N) is 3. The van der Waals surface area contributed by atoms with E-state index in [4.69, 9.17) is 9.47 Å². The molecule has 1 aliphatic rings. The number of rotatable bonds is 7. The van der Waals surface area contributed by atoms with E-state index in [0.717, 1.165) is 49.2 Å². The summed E-state index contributed by atoms with van der Waals surface area (Å²) in [5.41, 5.74) is 0. The SMILES string of the molecule is COc1ccc(OCC(O)CN2CCCN(c3nccs3)CC2)cc1. The molecule has 7 heteroatoms. The zero-order chi connectivity index (χ0) is 17.5. The van der Waals surface area contributed by atoms with Gasteiger partial charge in [0.1, 0.15) is 24.2 Å². The summed E-state index contributed by atoms with van der Waals surface area (Å²) in [5.74, 6) is 1.54. The number of thiazole rings is 1. The molecule has 1 unspecified atom stereocenters. The van der Waals surface area contributed by atoms with Crippen LogP contribution in [0.4, 0.5) is 5.13 Å². The van der Waals surface area contributed by atoms with Gasteiger partial charge in [0, 0.05) is 37.8 Å². The molecule has 25 heavy (non-hydrogen) atoms. The van der Waals surface area contributed by atoms with Gasteiger partial charge in [0.15, 0.2) is 5.13 Å². The van der Waals surface area contributed by atoms with Crippen molar-refractivity contribution in [2.75, 3.05) is 51.3 Å². The minimum atomic E-state index is -0.506. The molecule has 0 aliphatic carbocycles. The number of hydrogen-bond donors (Lipinski definition) is 1. The van der Waals surface area contributed by atoms with Crippen molar-refractivity contribution in [3.05, 3.63) is 35.8 Å². The van der Waals surface area contributed by atoms with Gasteiger partial charge in [0.05, 0.1) is 7.11 Å². The Morgan fingerprint density at radius 3 is 2.68 bits per heavy atom. The number of anilines is 1. The third kappa shape index (κ3) is 5.32. The summed E-state index contributed by atoms with van der Waals surface area (Å²) in [6.45, 7) is 4.80. The second-order valence-corrected chi connectivity index (χ2v) is 6.97. The lowest BCUT2D eigenvalue weighted by Gasteiger charge is -2.24. The van der Waals surface area contributed by atoms with Crippen molar-refractivity contribution in [2.45, 2.75) is 12.5 Å². The lowest BCUT2D eigenvalue weighted by Crippen LogP contribution is -2.38. The normalized spacial score (nSPS) is 17.1. The molecule has 2 aromatic rings. The maximum absolute atomic E-state index is 10.3. The third-order valence-electron chi connectivity index (χ3n) is 4.25. The largest absolute Gasteiger partial charge is 0.497 e. The van der Waals surface area contributed by atoms with Gasteiger partial charge in [-0.3, -0.25) is 4.90 Å². The number of methoxy groups -OCH3 is 1. The Labute approximate surface area is 152 Å². The van der Waals surface area contributed by atoms with Gasteiger partial charge in [-0.25, -0.2) is 4.98 Å². The van der Waals surface area contributed by atoms with Crippen LogP contribution in [-0.4, -0.2) is 67.5 Å². The smallest absolute Gasteiger partial charge is 0.185 e. The molecular formula is C18H25N3O3S. The maximum Gasteiger partial charge on any atom is 0.185 e. The molecule has 0 radical (unpaired) electrons. The Morgan fingerprint density at radius 1 is 1.16 bits per heavy atom. The van der Waals surface area contributed by atoms with E-state index in [1.165, 1.54) is 0 Å². The molecular weight excluding hydrogens is 338 g/mol. The molecule has 0 saturated carbocycles. The van der Waals surface area contributed by atoms with Crippen molar-refractivity contribution >= 4 is 16.5 Å². The summed E-state index contributed by atoms with van der Waals surface area (Å²) < 4.78 is 10.8. The molecule has 6 nitrogen and oxygen atoms in total. The first kappa shape index (κ1) is 18.0. The van der Waals surface area contributed by atoms with Crippen LogP contribution in [0, 0.1) is 0 Å². The molecule has 0 spiro atoms. The standard InChI is InChI=1S/C18H25N3O3S/c1-23-16-3-5-17(6-4-16)24-14-15(22)13-20-8-2-9-21(11-10-20)18-19-7-12-25-18/h3-7,12,15,22H,2,8-11,13-14H2,1H3. The lowest BCUT2D eigenvalue weighted by atomic mass is 10.3. The van der Waals surface area contributed by atoms with Gasteiger partial charge < -0.3 is 19.5 Å². The minimum Gasteiger partial charge on any atom is -0.497 e. The summed E-state index contributed by atoms with van der Waals surface area (Å²) in [6, 6.07) is 7.40. The first-order valence-electron chi connectivity index (χ1n) is 8.56. The van der Waals surface area contributed by atoms with E-state index in [-0.39, 0.29) is 0 Å². The molecule has 1 aliphatic heterocycles. The molecule has 136 valence electrons. The zero-order valence-corrected chi connectivity index (χ0v) is 15.3. The fraction of sp³-hybridized carbons (Fsp3) is 0.500. The predicted molar refractivity (Wildman–Crippen MR) is 99.9 cm³/mol. The predicted octanol–water partition coefficient (Wildman–Crippen LogP) is 2.10. The average Bonchev–Trinajstić information content (AvgIpc) is 3.08. The van der Waals surface area contributed by atoms with Crippen molar-refractivity contribution in [1.82, 2.24) is 9.88 Å². The number of hydrogen-bond acceptors (Lipinski definition) is 7. The van der Waals surface area contributed by atoms with Crippen LogP contribution in [0.15, 0.2) is 35.8 Å². The van der Waals surface area contributed by atoms with Gasteiger partial charge in [-0.2, -0.15) is 0 Å². The molecule has 1 atom stereocenters. The van der Waals surface area contributed by atoms with Crippen LogP contribution >= 0.6 is 11.3 Å². The van der Waals surface area contributed by atoms with Crippen molar-refractivity contribution in [3.63, 3.8) is 0 Å². The van der Waals surface area contributed by atoms with E-state index >= 15 is 0 Å². The molecule has 1 N–H and O–H groups in total. The van der Waals surface area contributed by atoms with Gasteiger partial charge in [0.25, 0.3) is 0 Å². The van der Waals surface area contributed by atoms with Crippen LogP contribution in [0.5, 0.6) is 11.5 Å². The number of aliphatic hydroxyl groups excluding tert-OH is 1. The van der Waals surface area contributed by atoms with Crippen LogP contribution in [0.25, 0.3) is 0 Å². The molecule has 2 heterocycles. The van der Waals surface area contributed by atoms with Gasteiger partial charge >= 0.3 is 0 Å². The second-order valence-electron chi connectivity index (χ2n) is 6.10. The van der Waals surface area contributed by atoms with Crippen LogP contribution in [0.1, 0.15) is 6.42 Å². The highest BCUT2D eigenvalue weighted by Gasteiger charge is 2.19. The summed E-state index contributed by atoms with van der Waals surface area (Å²) in [5, 5.41) is 13.4. The van der Waals surface area contributed by atoms with Crippen LogP contribution in [-0.2, 0) is 0 Å². The van der Waals surface area contributed by atoms with E-state index in [1.54, 1.807) is 18.4 Å². The van der Waals surface area contributed by atoms with Crippen LogP contribution in [0.2, 0.25) is 0 Å². The fourth-order valence-electron chi connectivity index (χ4n) is 2.93. The van der Waals surface area contributed by atoms with Crippen molar-refractivity contribution in [2.24, 2.45) is 0 Å². The number of aromatic nitrogens is 1. The van der Waals surface area contributed by atoms with E-state index < -0.39 is 6.10 Å². The van der Waals surface area contributed by atoms with Crippen LogP contribution in [0.3, 0.4) is 0 Å². The molecule has 3 rings (SSSR count). The first-order valence-corrected chi connectivity index (χ1v) is 9.44. The minimum absolute atomic E-state index is 0.291. The highest BCUT2D eigenvalue weighted by molar-refractivity contribution is 7.13. The molecule has 1 saturated heterocycles. The topological polar surface area (TPSA) is 58.1 Å². The summed E-state index contributed by atoms with van der Waals surface area (Å²) in [4.78, 5) is 9.02. The number of ether oxygens (including phenoxy) is 2. The maximum atomic E-state index is 10.3. The molecule has 1 aromatic carbocycles. The quantitative estimate of drug-likeness (QED) is 0.813. The lowest BCUT2D eigenvalue weighted by molar-refractivity contribution is 0.0704. The van der Waals surface area contributed by atoms with Crippen molar-refractivity contribution in [3.8, 4) is 11.5 Å². The molecule has 0 amide bonds. The van der Waals surface area contributed by atoms with Crippen LogP contribution < -0.4 is 14.4 Å². The van der Waals surface area contributed by atoms with E-state index in [2.05, 4.69) is 14.8 Å². The second kappa shape index (κ2) is 9.03. The van der Waals surface area contributed by atoms with Gasteiger partial charge in [0.2, 0.25) is 0 Å². The highest BCUT2D eigenvalue weighted by Crippen LogP contribution is 2.19. The van der Waals surface area contributed by atoms with E-state index in [0.29, 0.717) is 13.2 Å². The Balaban J connectivity index is 1.42. The van der Waals surface area contributed by atoms with Crippen molar-refractivity contribution in [1.29, 1.82) is 0 Å². The Morgan fingerprint density at radius 2 is 1.96 bits per heavy atom. The Bertz CT molecular complexity index is 621. The number of β-amino-alcohol motifs (C(OH)–C–C–N with tert-alkyl or cyclic N) is 1. The van der Waals surface area contributed by atoms with Gasteiger partial charge in [-0.05, 0) is 37.2 Å². The first-order chi connectivity index (χ1) is 12.2. The van der Waals surface area contributed by atoms with Gasteiger partial charge in [-0.1, -0.05) is 0 Å². The number of aliphatic hydroxyl groups is 1. The number of benzene rings is 1. The summed E-state index contributed by atoms with van der Waals surface area (Å²) >= 11 is 1.68. The van der Waals surface area contributed by atoms with E-state index in [1.807, 2.05) is 35.8 Å². The zero-order valence-electron chi connectivity index (χ0n) is 14.5. The molecule has 1 aromatic heterocycles. The van der Waals surface area contributed by atoms with Gasteiger partial charge in [-0.15, -0.1) is 11.3 Å². The van der Waals surface area contributed by atoms with E-state index in [9.17, 15) is 5.11 Å². The fourth-order valence-corrected chi connectivity index (χ4v) is 3.63. The molecule has 1 fully saturated rings. The molecule has 0 bridgehead atoms. The average molecular weight is 363 g/mol. The third-order valence-corrected chi connectivity index (χ3v) is 5.08. The summed E-state index contributed by atoms with van der Waals surface area (Å²) in [6.07, 6.45) is 2.42. The van der Waals surface area contributed by atoms with Crippen molar-refractivity contribution < 1.29 is 14.6 Å². The highest BCUT2D eigenvalue weighted by atomic mass is 32.1.